The van der Waals surface area contributed by atoms with Crippen LogP contribution in [-0.2, 0) is 17.8 Å². The van der Waals surface area contributed by atoms with Crippen molar-refractivity contribution in [2.75, 3.05) is 12.3 Å². The summed E-state index contributed by atoms with van der Waals surface area (Å²) in [6.45, 7) is 5.53. The Morgan fingerprint density at radius 1 is 1.30 bits per heavy atom. The average molecular weight is 273 g/mol. The highest BCUT2D eigenvalue weighted by atomic mass is 16.5. The van der Waals surface area contributed by atoms with Crippen LogP contribution in [0.4, 0.5) is 5.69 Å². The molecular weight excluding hydrogens is 250 g/mol. The van der Waals surface area contributed by atoms with Crippen molar-refractivity contribution in [3.63, 3.8) is 0 Å². The minimum atomic E-state index is 0.438. The van der Waals surface area contributed by atoms with Gasteiger partial charge in [0, 0.05) is 17.9 Å². The third-order valence-electron chi connectivity index (χ3n) is 3.53. The number of nitrogens with two attached hydrogens (primary N) is 1. The maximum atomic E-state index is 5.89. The van der Waals surface area contributed by atoms with Crippen LogP contribution in [0, 0.1) is 0 Å². The van der Waals surface area contributed by atoms with Crippen LogP contribution >= 0.6 is 0 Å². The zero-order chi connectivity index (χ0) is 14.4. The van der Waals surface area contributed by atoms with E-state index in [-0.39, 0.29) is 0 Å². The van der Waals surface area contributed by atoms with Gasteiger partial charge in [0.15, 0.2) is 0 Å². The molecule has 1 aromatic heterocycles. The highest BCUT2D eigenvalue weighted by Crippen LogP contribution is 2.12. The molecule has 0 bridgehead atoms. The smallest absolute Gasteiger partial charge is 0.0906 e. The van der Waals surface area contributed by atoms with Crippen molar-refractivity contribution >= 4 is 5.69 Å². The third kappa shape index (κ3) is 3.84. The van der Waals surface area contributed by atoms with Gasteiger partial charge >= 0.3 is 0 Å². The van der Waals surface area contributed by atoms with Crippen molar-refractivity contribution in [1.29, 1.82) is 0 Å². The van der Waals surface area contributed by atoms with Gasteiger partial charge in [-0.1, -0.05) is 25.1 Å². The fourth-order valence-electron chi connectivity index (χ4n) is 2.01. The van der Waals surface area contributed by atoms with E-state index in [0.29, 0.717) is 19.3 Å². The normalized spacial score (nSPS) is 12.5. The summed E-state index contributed by atoms with van der Waals surface area (Å²) in [5.74, 6) is 0. The van der Waals surface area contributed by atoms with Crippen LogP contribution in [0.5, 0.6) is 0 Å². The third-order valence-corrected chi connectivity index (χ3v) is 3.53. The van der Waals surface area contributed by atoms with E-state index in [1.54, 1.807) is 0 Å². The molecule has 0 aliphatic carbocycles. The zero-order valence-corrected chi connectivity index (χ0v) is 12.2. The second-order valence-corrected chi connectivity index (χ2v) is 5.05. The van der Waals surface area contributed by atoms with Gasteiger partial charge in [0.25, 0.3) is 0 Å². The molecule has 2 aromatic rings. The van der Waals surface area contributed by atoms with E-state index in [9.17, 15) is 0 Å². The van der Waals surface area contributed by atoms with Gasteiger partial charge in [-0.2, -0.15) is 5.10 Å². The zero-order valence-electron chi connectivity index (χ0n) is 12.2. The first kappa shape index (κ1) is 14.6. The first-order valence-electron chi connectivity index (χ1n) is 7.16. The van der Waals surface area contributed by atoms with E-state index in [1.807, 2.05) is 41.2 Å². The lowest BCUT2D eigenvalue weighted by Crippen LogP contribution is -2.06. The first-order chi connectivity index (χ1) is 9.70. The second-order valence-electron chi connectivity index (χ2n) is 5.05. The van der Waals surface area contributed by atoms with Gasteiger partial charge in [-0.25, -0.2) is 0 Å². The van der Waals surface area contributed by atoms with Gasteiger partial charge < -0.3 is 10.5 Å². The molecule has 0 fully saturated rings. The molecule has 0 saturated heterocycles. The Balaban J connectivity index is 1.76. The molecule has 1 aromatic carbocycles. The molecule has 1 atom stereocenters. The molecule has 4 nitrogen and oxygen atoms in total. The molecule has 1 unspecified atom stereocenters. The number of hydrogen-bond donors (Lipinski definition) is 1. The highest BCUT2D eigenvalue weighted by Gasteiger charge is 2.04. The number of benzene rings is 1. The Morgan fingerprint density at radius 2 is 2.10 bits per heavy atom. The van der Waals surface area contributed by atoms with Crippen molar-refractivity contribution in [3.8, 4) is 0 Å². The molecule has 20 heavy (non-hydrogen) atoms. The van der Waals surface area contributed by atoms with Crippen LogP contribution in [0.1, 0.15) is 37.6 Å². The highest BCUT2D eigenvalue weighted by molar-refractivity contribution is 5.46. The molecule has 1 heterocycles. The van der Waals surface area contributed by atoms with E-state index in [0.717, 1.165) is 29.8 Å². The molecule has 2 rings (SSSR count). The van der Waals surface area contributed by atoms with E-state index in [1.165, 1.54) is 0 Å². The van der Waals surface area contributed by atoms with Crippen LogP contribution in [-0.4, -0.2) is 16.4 Å². The summed E-state index contributed by atoms with van der Waals surface area (Å²) in [6.07, 6.45) is 3.93. The number of hydrogen-bond acceptors (Lipinski definition) is 3. The minimum Gasteiger partial charge on any atom is -0.399 e. The number of aromatic nitrogens is 2. The fraction of sp³-hybridized carbons (Fsp3) is 0.438. The monoisotopic (exact) mass is 273 g/mol. The summed E-state index contributed by atoms with van der Waals surface area (Å²) in [5.41, 5.74) is 8.84. The maximum absolute atomic E-state index is 5.89. The lowest BCUT2D eigenvalue weighted by molar-refractivity contribution is 0.120. The predicted octanol–water partition coefficient (Wildman–Crippen LogP) is 3.20. The molecule has 2 N–H and O–H groups in total. The number of ether oxygens (including phenoxy) is 1. The van der Waals surface area contributed by atoms with Crippen LogP contribution in [0.2, 0.25) is 0 Å². The molecule has 0 spiro atoms. The second kappa shape index (κ2) is 7.10. The number of nitrogens with zero attached hydrogens (tertiary/aromatic N) is 2. The Bertz CT molecular complexity index is 536. The van der Waals surface area contributed by atoms with Crippen LogP contribution < -0.4 is 5.73 Å². The Hall–Kier alpha value is -1.81. The molecular formula is C16H23N3O. The van der Waals surface area contributed by atoms with E-state index in [2.05, 4.69) is 18.9 Å². The van der Waals surface area contributed by atoms with E-state index >= 15 is 0 Å². The van der Waals surface area contributed by atoms with Crippen molar-refractivity contribution in [1.82, 2.24) is 9.78 Å². The number of nitrogen functional groups attached to an aromatic ring is 1. The maximum Gasteiger partial charge on any atom is 0.0906 e. The summed E-state index contributed by atoms with van der Waals surface area (Å²) >= 11 is 0. The summed E-state index contributed by atoms with van der Waals surface area (Å²) in [6, 6.07) is 10.4. The van der Waals surface area contributed by atoms with Gasteiger partial charge in [-0.3, -0.25) is 4.68 Å². The lowest BCUT2D eigenvalue weighted by atomic mass is 10.1. The summed E-state index contributed by atoms with van der Waals surface area (Å²) in [7, 11) is 0. The Morgan fingerprint density at radius 3 is 2.85 bits per heavy atom. The standard InChI is InChI=1S/C16H23N3O/c1-3-13(2)19-10-8-15(18-19)12-20-11-9-14-6-4-5-7-16(14)17/h4-8,10,13H,3,9,11-12,17H2,1-2H3. The molecule has 0 aliphatic rings. The Kier molecular flexibility index (Phi) is 5.18. The minimum absolute atomic E-state index is 0.438. The number of anilines is 1. The predicted molar refractivity (Wildman–Crippen MR) is 81.4 cm³/mol. The van der Waals surface area contributed by atoms with Gasteiger partial charge in [-0.15, -0.1) is 0 Å². The molecule has 0 saturated carbocycles. The molecule has 0 amide bonds. The lowest BCUT2D eigenvalue weighted by Gasteiger charge is -2.08. The topological polar surface area (TPSA) is 53.1 Å². The first-order valence-corrected chi connectivity index (χ1v) is 7.16. The quantitative estimate of drug-likeness (QED) is 0.622. The molecule has 108 valence electrons. The summed E-state index contributed by atoms with van der Waals surface area (Å²) in [5, 5.41) is 4.51. The summed E-state index contributed by atoms with van der Waals surface area (Å²) in [4.78, 5) is 0. The van der Waals surface area contributed by atoms with E-state index < -0.39 is 0 Å². The average Bonchev–Trinajstić information content (AvgIpc) is 2.93. The van der Waals surface area contributed by atoms with Crippen LogP contribution in [0.15, 0.2) is 36.5 Å². The molecule has 0 aliphatic heterocycles. The largest absolute Gasteiger partial charge is 0.399 e. The Labute approximate surface area is 120 Å². The van der Waals surface area contributed by atoms with Crippen LogP contribution in [0.25, 0.3) is 0 Å². The SMILES string of the molecule is CCC(C)n1ccc(COCCc2ccccc2N)n1. The number of rotatable bonds is 7. The van der Waals surface area contributed by atoms with Crippen molar-refractivity contribution in [3.05, 3.63) is 47.8 Å². The molecule has 0 radical (unpaired) electrons. The van der Waals surface area contributed by atoms with Gasteiger partial charge in [0.05, 0.1) is 18.9 Å². The van der Waals surface area contributed by atoms with Crippen molar-refractivity contribution < 1.29 is 4.74 Å². The molecule has 4 heteroatoms. The number of para-hydroxylation sites is 1. The fourth-order valence-corrected chi connectivity index (χ4v) is 2.01. The van der Waals surface area contributed by atoms with Crippen molar-refractivity contribution in [2.24, 2.45) is 0 Å². The van der Waals surface area contributed by atoms with Gasteiger partial charge in [0.1, 0.15) is 0 Å². The van der Waals surface area contributed by atoms with Gasteiger partial charge in [0.2, 0.25) is 0 Å². The van der Waals surface area contributed by atoms with Crippen LogP contribution in [0.3, 0.4) is 0 Å². The van der Waals surface area contributed by atoms with E-state index in [4.69, 9.17) is 10.5 Å². The summed E-state index contributed by atoms with van der Waals surface area (Å²) < 4.78 is 7.67. The van der Waals surface area contributed by atoms with Gasteiger partial charge in [-0.05, 0) is 37.5 Å². The van der Waals surface area contributed by atoms with Crippen molar-refractivity contribution in [2.45, 2.75) is 39.3 Å².